The standard InChI is InChI=1S/C14H12N2O5/c1-20-14-4-2-3-11(15-14)9-21-13-6-5-12(16(18)19)7-10(13)8-17/h2-8H,9H2,1H3. The van der Waals surface area contributed by atoms with Crippen molar-refractivity contribution in [1.82, 2.24) is 4.98 Å². The van der Waals surface area contributed by atoms with Gasteiger partial charge in [0.15, 0.2) is 6.29 Å². The second kappa shape index (κ2) is 6.47. The topological polar surface area (TPSA) is 91.6 Å². The van der Waals surface area contributed by atoms with Crippen molar-refractivity contribution in [2.75, 3.05) is 7.11 Å². The SMILES string of the molecule is COc1cccc(COc2ccc([N+](=O)[O-])cc2C=O)n1. The minimum absolute atomic E-state index is 0.118. The third-order valence-electron chi connectivity index (χ3n) is 2.70. The van der Waals surface area contributed by atoms with Crippen LogP contribution in [0.4, 0.5) is 5.69 Å². The number of hydrogen-bond donors (Lipinski definition) is 0. The first-order valence-corrected chi connectivity index (χ1v) is 6.00. The Hall–Kier alpha value is -2.96. The fourth-order valence-corrected chi connectivity index (χ4v) is 1.68. The summed E-state index contributed by atoms with van der Waals surface area (Å²) in [6.45, 7) is 0.121. The molecular weight excluding hydrogens is 276 g/mol. The molecule has 0 aliphatic carbocycles. The van der Waals surface area contributed by atoms with Crippen LogP contribution in [0.25, 0.3) is 0 Å². The van der Waals surface area contributed by atoms with E-state index >= 15 is 0 Å². The van der Waals surface area contributed by atoms with Gasteiger partial charge in [-0.15, -0.1) is 0 Å². The van der Waals surface area contributed by atoms with Gasteiger partial charge in [-0.2, -0.15) is 0 Å². The third kappa shape index (κ3) is 3.53. The molecule has 0 spiro atoms. The number of benzene rings is 1. The number of methoxy groups -OCH3 is 1. The highest BCUT2D eigenvalue weighted by atomic mass is 16.6. The normalized spacial score (nSPS) is 9.95. The van der Waals surface area contributed by atoms with E-state index in [-0.39, 0.29) is 23.6 Å². The van der Waals surface area contributed by atoms with Gasteiger partial charge in [-0.3, -0.25) is 14.9 Å². The first-order chi connectivity index (χ1) is 10.1. The van der Waals surface area contributed by atoms with Crippen LogP contribution in [0, 0.1) is 10.1 Å². The van der Waals surface area contributed by atoms with Crippen LogP contribution < -0.4 is 9.47 Å². The van der Waals surface area contributed by atoms with E-state index in [9.17, 15) is 14.9 Å². The molecule has 0 N–H and O–H groups in total. The minimum atomic E-state index is -0.569. The lowest BCUT2D eigenvalue weighted by molar-refractivity contribution is -0.384. The molecule has 2 aromatic rings. The average molecular weight is 288 g/mol. The monoisotopic (exact) mass is 288 g/mol. The predicted octanol–water partition coefficient (Wildman–Crippen LogP) is 2.39. The molecule has 0 aliphatic heterocycles. The maximum Gasteiger partial charge on any atom is 0.270 e. The molecule has 108 valence electrons. The van der Waals surface area contributed by atoms with Gasteiger partial charge in [-0.1, -0.05) is 6.07 Å². The number of hydrogen-bond acceptors (Lipinski definition) is 6. The number of carbonyl (C=O) groups excluding carboxylic acids is 1. The van der Waals surface area contributed by atoms with Crippen molar-refractivity contribution in [1.29, 1.82) is 0 Å². The van der Waals surface area contributed by atoms with Crippen LogP contribution in [0.15, 0.2) is 36.4 Å². The Morgan fingerprint density at radius 2 is 2.14 bits per heavy atom. The van der Waals surface area contributed by atoms with Gasteiger partial charge in [0.05, 0.1) is 23.3 Å². The zero-order valence-electron chi connectivity index (χ0n) is 11.2. The van der Waals surface area contributed by atoms with Crippen molar-refractivity contribution in [3.8, 4) is 11.6 Å². The van der Waals surface area contributed by atoms with Gasteiger partial charge in [-0.25, -0.2) is 4.98 Å². The van der Waals surface area contributed by atoms with E-state index in [1.807, 2.05) is 0 Å². The quantitative estimate of drug-likeness (QED) is 0.460. The molecule has 0 atom stereocenters. The molecule has 1 aromatic heterocycles. The molecule has 7 nitrogen and oxygen atoms in total. The van der Waals surface area contributed by atoms with Crippen LogP contribution >= 0.6 is 0 Å². The second-order valence-electron chi connectivity index (χ2n) is 4.06. The Balaban J connectivity index is 2.15. The average Bonchev–Trinajstić information content (AvgIpc) is 2.52. The zero-order valence-corrected chi connectivity index (χ0v) is 11.2. The van der Waals surface area contributed by atoms with Crippen LogP contribution in [0.1, 0.15) is 16.1 Å². The van der Waals surface area contributed by atoms with Crippen LogP contribution in [0.5, 0.6) is 11.6 Å². The lowest BCUT2D eigenvalue weighted by Crippen LogP contribution is -2.02. The first kappa shape index (κ1) is 14.4. The van der Waals surface area contributed by atoms with E-state index in [2.05, 4.69) is 4.98 Å². The molecule has 0 saturated carbocycles. The van der Waals surface area contributed by atoms with E-state index < -0.39 is 4.92 Å². The third-order valence-corrected chi connectivity index (χ3v) is 2.70. The van der Waals surface area contributed by atoms with Crippen molar-refractivity contribution < 1.29 is 19.2 Å². The molecule has 0 amide bonds. The molecule has 0 bridgehead atoms. The van der Waals surface area contributed by atoms with Gasteiger partial charge in [0.2, 0.25) is 5.88 Å². The molecule has 0 radical (unpaired) electrons. The van der Waals surface area contributed by atoms with E-state index in [1.54, 1.807) is 18.2 Å². The second-order valence-corrected chi connectivity index (χ2v) is 4.06. The summed E-state index contributed by atoms with van der Waals surface area (Å²) in [4.78, 5) is 25.2. The number of nitrogens with zero attached hydrogens (tertiary/aromatic N) is 2. The molecule has 0 aliphatic rings. The summed E-state index contributed by atoms with van der Waals surface area (Å²) in [5, 5.41) is 10.7. The van der Waals surface area contributed by atoms with E-state index in [1.165, 1.54) is 25.3 Å². The first-order valence-electron chi connectivity index (χ1n) is 6.00. The van der Waals surface area contributed by atoms with Gasteiger partial charge in [0.1, 0.15) is 12.4 Å². The Bertz CT molecular complexity index is 672. The fraction of sp³-hybridized carbons (Fsp3) is 0.143. The molecule has 21 heavy (non-hydrogen) atoms. The summed E-state index contributed by atoms with van der Waals surface area (Å²) in [5.74, 6) is 0.718. The summed E-state index contributed by atoms with van der Waals surface area (Å²) < 4.78 is 10.5. The molecule has 0 fully saturated rings. The maximum absolute atomic E-state index is 11.0. The molecule has 2 rings (SSSR count). The number of ether oxygens (including phenoxy) is 2. The van der Waals surface area contributed by atoms with Crippen LogP contribution in [-0.4, -0.2) is 23.3 Å². The molecule has 1 aromatic carbocycles. The molecule has 7 heteroatoms. The number of carbonyl (C=O) groups is 1. The van der Waals surface area contributed by atoms with Gasteiger partial charge in [0.25, 0.3) is 5.69 Å². The number of aldehydes is 1. The van der Waals surface area contributed by atoms with Crippen LogP contribution in [0.2, 0.25) is 0 Å². The zero-order chi connectivity index (χ0) is 15.2. The Morgan fingerprint density at radius 3 is 2.81 bits per heavy atom. The van der Waals surface area contributed by atoms with Crippen molar-refractivity contribution >= 4 is 12.0 Å². The number of rotatable bonds is 6. The largest absolute Gasteiger partial charge is 0.487 e. The number of nitro groups is 1. The Labute approximate surface area is 120 Å². The molecular formula is C14H12N2O5. The highest BCUT2D eigenvalue weighted by Crippen LogP contribution is 2.23. The molecule has 1 heterocycles. The van der Waals surface area contributed by atoms with Gasteiger partial charge in [0, 0.05) is 18.2 Å². The van der Waals surface area contributed by atoms with E-state index in [4.69, 9.17) is 9.47 Å². The summed E-state index contributed by atoms with van der Waals surface area (Å²) in [5.41, 5.74) is 0.570. The number of pyridine rings is 1. The number of nitro benzene ring substituents is 1. The van der Waals surface area contributed by atoms with Crippen LogP contribution in [0.3, 0.4) is 0 Å². The van der Waals surface area contributed by atoms with Crippen LogP contribution in [-0.2, 0) is 6.61 Å². The van der Waals surface area contributed by atoms with Gasteiger partial charge in [-0.05, 0) is 12.1 Å². The lowest BCUT2D eigenvalue weighted by Gasteiger charge is -2.08. The minimum Gasteiger partial charge on any atom is -0.487 e. The molecule has 0 unspecified atom stereocenters. The van der Waals surface area contributed by atoms with Crippen molar-refractivity contribution in [2.45, 2.75) is 6.61 Å². The summed E-state index contributed by atoms with van der Waals surface area (Å²) in [6.07, 6.45) is 0.515. The molecule has 0 saturated heterocycles. The van der Waals surface area contributed by atoms with Crippen molar-refractivity contribution in [2.24, 2.45) is 0 Å². The highest BCUT2D eigenvalue weighted by molar-refractivity contribution is 5.80. The fourth-order valence-electron chi connectivity index (χ4n) is 1.68. The van der Waals surface area contributed by atoms with E-state index in [0.29, 0.717) is 17.9 Å². The Kier molecular flexibility index (Phi) is 4.45. The summed E-state index contributed by atoms with van der Waals surface area (Å²) in [6, 6.07) is 9.05. The number of non-ortho nitro benzene ring substituents is 1. The van der Waals surface area contributed by atoms with Gasteiger partial charge >= 0.3 is 0 Å². The smallest absolute Gasteiger partial charge is 0.270 e. The van der Waals surface area contributed by atoms with Gasteiger partial charge < -0.3 is 9.47 Å². The lowest BCUT2D eigenvalue weighted by atomic mass is 10.2. The van der Waals surface area contributed by atoms with Crippen molar-refractivity contribution in [3.05, 3.63) is 57.8 Å². The predicted molar refractivity (Wildman–Crippen MR) is 73.6 cm³/mol. The maximum atomic E-state index is 11.0. The van der Waals surface area contributed by atoms with Crippen molar-refractivity contribution in [3.63, 3.8) is 0 Å². The Morgan fingerprint density at radius 1 is 1.33 bits per heavy atom. The van der Waals surface area contributed by atoms with E-state index in [0.717, 1.165) is 0 Å². The highest BCUT2D eigenvalue weighted by Gasteiger charge is 2.11. The summed E-state index contributed by atoms with van der Waals surface area (Å²) in [7, 11) is 1.51. The summed E-state index contributed by atoms with van der Waals surface area (Å²) >= 11 is 0. The number of aromatic nitrogens is 1.